The van der Waals surface area contributed by atoms with Gasteiger partial charge in [-0.3, -0.25) is 4.79 Å². The molecule has 0 fully saturated rings. The van der Waals surface area contributed by atoms with Crippen LogP contribution < -0.4 is 5.32 Å². The van der Waals surface area contributed by atoms with Gasteiger partial charge in [-0.15, -0.1) is 0 Å². The molecule has 0 aromatic heterocycles. The molecule has 0 aliphatic carbocycles. The Morgan fingerprint density at radius 2 is 1.77 bits per heavy atom. The summed E-state index contributed by atoms with van der Waals surface area (Å²) in [6.45, 7) is 3.77. The van der Waals surface area contributed by atoms with Gasteiger partial charge in [0.15, 0.2) is 0 Å². The van der Waals surface area contributed by atoms with Crippen LogP contribution in [0.4, 0.5) is 0 Å². The molecule has 0 aliphatic heterocycles. The van der Waals surface area contributed by atoms with Crippen molar-refractivity contribution in [3.63, 3.8) is 0 Å². The van der Waals surface area contributed by atoms with Crippen LogP contribution in [0.3, 0.4) is 0 Å². The van der Waals surface area contributed by atoms with E-state index in [0.717, 1.165) is 11.1 Å². The lowest BCUT2D eigenvalue weighted by Crippen LogP contribution is -2.45. The molecule has 1 N–H and O–H groups in total. The molecule has 2 aromatic carbocycles. The largest absolute Gasteiger partial charge is 0.459 e. The first-order valence-corrected chi connectivity index (χ1v) is 8.48. The van der Waals surface area contributed by atoms with E-state index in [4.69, 9.17) is 10.00 Å². The summed E-state index contributed by atoms with van der Waals surface area (Å²) in [6.07, 6.45) is 0.210. The molecule has 5 heteroatoms. The molecule has 0 bridgehead atoms. The van der Waals surface area contributed by atoms with E-state index < -0.39 is 12.0 Å². The lowest BCUT2D eigenvalue weighted by Gasteiger charge is -2.21. The summed E-state index contributed by atoms with van der Waals surface area (Å²) in [5, 5.41) is 11.7. The summed E-state index contributed by atoms with van der Waals surface area (Å²) in [5.74, 6) is -0.810. The van der Waals surface area contributed by atoms with Gasteiger partial charge >= 0.3 is 5.97 Å². The van der Waals surface area contributed by atoms with Crippen molar-refractivity contribution < 1.29 is 14.3 Å². The van der Waals surface area contributed by atoms with Crippen molar-refractivity contribution in [2.45, 2.75) is 32.9 Å². The Hall–Kier alpha value is -3.13. The van der Waals surface area contributed by atoms with Gasteiger partial charge in [-0.05, 0) is 29.2 Å². The van der Waals surface area contributed by atoms with E-state index in [1.54, 1.807) is 24.3 Å². The standard InChI is InChI=1S/C21H22N2O3/c1-15(2)20(23-19(24)12-16-7-4-3-5-8-16)21(25)26-14-18-10-6-9-17(11-18)13-22/h3-11,15,20H,12,14H2,1-2H3,(H,23,24)/t20-/m1/s1. The topological polar surface area (TPSA) is 79.2 Å². The molecule has 134 valence electrons. The van der Waals surface area contributed by atoms with Crippen LogP contribution in [-0.4, -0.2) is 17.9 Å². The van der Waals surface area contributed by atoms with E-state index in [-0.39, 0.29) is 24.9 Å². The van der Waals surface area contributed by atoms with Crippen LogP contribution in [0.5, 0.6) is 0 Å². The molecule has 0 aliphatic rings. The Morgan fingerprint density at radius 3 is 2.42 bits per heavy atom. The number of amides is 1. The van der Waals surface area contributed by atoms with Gasteiger partial charge in [0.2, 0.25) is 5.91 Å². The number of hydrogen-bond donors (Lipinski definition) is 1. The Kier molecular flexibility index (Phi) is 6.92. The highest BCUT2D eigenvalue weighted by molar-refractivity contribution is 5.85. The fourth-order valence-corrected chi connectivity index (χ4v) is 2.48. The SMILES string of the molecule is CC(C)[C@@H](NC(=O)Cc1ccccc1)C(=O)OCc1cccc(C#N)c1. The molecule has 1 atom stereocenters. The minimum Gasteiger partial charge on any atom is -0.459 e. The summed E-state index contributed by atoms with van der Waals surface area (Å²) < 4.78 is 5.34. The minimum absolute atomic E-state index is 0.0616. The highest BCUT2D eigenvalue weighted by atomic mass is 16.5. The molecule has 5 nitrogen and oxygen atoms in total. The van der Waals surface area contributed by atoms with Crippen LogP contribution in [0.25, 0.3) is 0 Å². The van der Waals surface area contributed by atoms with Gasteiger partial charge < -0.3 is 10.1 Å². The van der Waals surface area contributed by atoms with Gasteiger partial charge in [-0.1, -0.05) is 56.3 Å². The normalized spacial score (nSPS) is 11.5. The molecule has 0 saturated carbocycles. The highest BCUT2D eigenvalue weighted by Gasteiger charge is 2.25. The molecule has 0 unspecified atom stereocenters. The summed E-state index contributed by atoms with van der Waals surface area (Å²) in [4.78, 5) is 24.6. The number of hydrogen-bond acceptors (Lipinski definition) is 4. The molecule has 2 rings (SSSR count). The van der Waals surface area contributed by atoms with Gasteiger partial charge in [0.05, 0.1) is 18.1 Å². The van der Waals surface area contributed by atoms with E-state index in [1.165, 1.54) is 0 Å². The zero-order valence-electron chi connectivity index (χ0n) is 14.9. The van der Waals surface area contributed by atoms with E-state index in [1.807, 2.05) is 50.2 Å². The van der Waals surface area contributed by atoms with Gasteiger partial charge in [0, 0.05) is 0 Å². The van der Waals surface area contributed by atoms with Crippen LogP contribution >= 0.6 is 0 Å². The van der Waals surface area contributed by atoms with Crippen molar-refractivity contribution in [2.75, 3.05) is 0 Å². The van der Waals surface area contributed by atoms with Crippen molar-refractivity contribution in [2.24, 2.45) is 5.92 Å². The Bertz CT molecular complexity index is 794. The lowest BCUT2D eigenvalue weighted by molar-refractivity contribution is -0.150. The third kappa shape index (κ3) is 5.75. The number of nitrogens with zero attached hydrogens (tertiary/aromatic N) is 1. The number of carbonyl (C=O) groups is 2. The average Bonchev–Trinajstić information content (AvgIpc) is 2.65. The second-order valence-corrected chi connectivity index (χ2v) is 6.37. The van der Waals surface area contributed by atoms with Crippen molar-refractivity contribution in [1.29, 1.82) is 5.26 Å². The molecular weight excluding hydrogens is 328 g/mol. The number of carbonyl (C=O) groups excluding carboxylic acids is 2. The Labute approximate surface area is 153 Å². The van der Waals surface area contributed by atoms with Crippen molar-refractivity contribution >= 4 is 11.9 Å². The number of ether oxygens (including phenoxy) is 1. The van der Waals surface area contributed by atoms with Crippen molar-refractivity contribution in [3.05, 3.63) is 71.3 Å². The fraction of sp³-hybridized carbons (Fsp3) is 0.286. The zero-order chi connectivity index (χ0) is 18.9. The number of esters is 1. The fourth-order valence-electron chi connectivity index (χ4n) is 2.48. The van der Waals surface area contributed by atoms with Gasteiger partial charge in [0.1, 0.15) is 12.6 Å². The van der Waals surface area contributed by atoms with Crippen molar-refractivity contribution in [1.82, 2.24) is 5.32 Å². The first kappa shape index (κ1) is 19.2. The van der Waals surface area contributed by atoms with Crippen LogP contribution in [0.1, 0.15) is 30.5 Å². The van der Waals surface area contributed by atoms with E-state index >= 15 is 0 Å². The molecule has 2 aromatic rings. The summed E-state index contributed by atoms with van der Waals surface area (Å²) >= 11 is 0. The molecule has 1 amide bonds. The zero-order valence-corrected chi connectivity index (χ0v) is 14.9. The van der Waals surface area contributed by atoms with E-state index in [9.17, 15) is 9.59 Å². The summed E-state index contributed by atoms with van der Waals surface area (Å²) in [6, 6.07) is 17.6. The van der Waals surface area contributed by atoms with Gasteiger partial charge in [-0.25, -0.2) is 4.79 Å². The number of rotatable bonds is 7. The monoisotopic (exact) mass is 350 g/mol. The smallest absolute Gasteiger partial charge is 0.329 e. The predicted octanol–water partition coefficient (Wildman–Crippen LogP) is 2.98. The molecule has 0 saturated heterocycles. The van der Waals surface area contributed by atoms with E-state index in [0.29, 0.717) is 5.56 Å². The Morgan fingerprint density at radius 1 is 1.08 bits per heavy atom. The Balaban J connectivity index is 1.94. The van der Waals surface area contributed by atoms with Crippen LogP contribution in [-0.2, 0) is 27.4 Å². The predicted molar refractivity (Wildman–Crippen MR) is 97.9 cm³/mol. The maximum Gasteiger partial charge on any atom is 0.329 e. The molecule has 0 radical (unpaired) electrons. The minimum atomic E-state index is -0.717. The third-order valence-electron chi connectivity index (χ3n) is 3.88. The number of nitriles is 1. The molecular formula is C21H22N2O3. The second-order valence-electron chi connectivity index (χ2n) is 6.37. The highest BCUT2D eigenvalue weighted by Crippen LogP contribution is 2.10. The first-order valence-electron chi connectivity index (χ1n) is 8.48. The average molecular weight is 350 g/mol. The number of nitrogens with one attached hydrogen (secondary N) is 1. The summed E-state index contributed by atoms with van der Waals surface area (Å²) in [5.41, 5.74) is 2.12. The summed E-state index contributed by atoms with van der Waals surface area (Å²) in [7, 11) is 0. The second kappa shape index (κ2) is 9.38. The number of benzene rings is 2. The maximum atomic E-state index is 12.4. The molecule has 0 heterocycles. The molecule has 0 spiro atoms. The molecule has 26 heavy (non-hydrogen) atoms. The van der Waals surface area contributed by atoms with Crippen LogP contribution in [0.2, 0.25) is 0 Å². The lowest BCUT2D eigenvalue weighted by atomic mass is 10.0. The van der Waals surface area contributed by atoms with Crippen LogP contribution in [0, 0.1) is 17.2 Å². The maximum absolute atomic E-state index is 12.4. The third-order valence-corrected chi connectivity index (χ3v) is 3.88. The van der Waals surface area contributed by atoms with Crippen molar-refractivity contribution in [3.8, 4) is 6.07 Å². The quantitative estimate of drug-likeness (QED) is 0.779. The van der Waals surface area contributed by atoms with Gasteiger partial charge in [-0.2, -0.15) is 5.26 Å². The van der Waals surface area contributed by atoms with E-state index in [2.05, 4.69) is 5.32 Å². The van der Waals surface area contributed by atoms with Gasteiger partial charge in [0.25, 0.3) is 0 Å². The van der Waals surface area contributed by atoms with Crippen LogP contribution in [0.15, 0.2) is 54.6 Å². The first-order chi connectivity index (χ1) is 12.5.